The van der Waals surface area contributed by atoms with Gasteiger partial charge in [0.15, 0.2) is 11.5 Å². The Labute approximate surface area is 130 Å². The van der Waals surface area contributed by atoms with Crippen molar-refractivity contribution in [1.29, 1.82) is 0 Å². The van der Waals surface area contributed by atoms with Crippen LogP contribution in [0, 0.1) is 0 Å². The van der Waals surface area contributed by atoms with Crippen LogP contribution in [0.25, 0.3) is 0 Å². The van der Waals surface area contributed by atoms with Crippen molar-refractivity contribution in [3.63, 3.8) is 0 Å². The molecule has 0 amide bonds. The Kier molecular flexibility index (Phi) is 5.75. The van der Waals surface area contributed by atoms with E-state index in [2.05, 4.69) is 10.3 Å². The summed E-state index contributed by atoms with van der Waals surface area (Å²) in [5.41, 5.74) is 1.92. The number of aromatic nitrogens is 1. The average Bonchev–Trinajstić information content (AvgIpc) is 2.59. The fourth-order valence-electron chi connectivity index (χ4n) is 2.23. The van der Waals surface area contributed by atoms with Gasteiger partial charge in [-0.3, -0.25) is 4.98 Å². The number of pyridine rings is 1. The fourth-order valence-corrected chi connectivity index (χ4v) is 2.23. The van der Waals surface area contributed by atoms with Crippen LogP contribution in [0.5, 0.6) is 11.5 Å². The van der Waals surface area contributed by atoms with E-state index >= 15 is 0 Å². The maximum absolute atomic E-state index is 10.2. The lowest BCUT2D eigenvalue weighted by atomic mass is 10.1. The van der Waals surface area contributed by atoms with Crippen LogP contribution in [0.15, 0.2) is 42.7 Å². The maximum Gasteiger partial charge on any atom is 0.161 e. The van der Waals surface area contributed by atoms with Gasteiger partial charge < -0.3 is 19.9 Å². The third kappa shape index (κ3) is 3.96. The Morgan fingerprint density at radius 3 is 2.36 bits per heavy atom. The molecule has 0 aliphatic carbocycles. The molecule has 22 heavy (non-hydrogen) atoms. The monoisotopic (exact) mass is 302 g/mol. The van der Waals surface area contributed by atoms with Gasteiger partial charge in [-0.25, -0.2) is 0 Å². The van der Waals surface area contributed by atoms with Crippen LogP contribution in [0.2, 0.25) is 0 Å². The van der Waals surface area contributed by atoms with Gasteiger partial charge in [-0.1, -0.05) is 6.07 Å². The van der Waals surface area contributed by atoms with E-state index < -0.39 is 6.10 Å². The standard InChI is InChI=1S/C17H22N2O3/c1-12(14-4-5-16(21-2)17(10-14)22-3)19-11-15(20)13-6-8-18-9-7-13/h4-10,12,15,19-20H,11H2,1-3H3. The van der Waals surface area contributed by atoms with Gasteiger partial charge in [0, 0.05) is 25.0 Å². The van der Waals surface area contributed by atoms with Crippen LogP contribution in [0.4, 0.5) is 0 Å². The summed E-state index contributed by atoms with van der Waals surface area (Å²) in [6.45, 7) is 2.50. The smallest absolute Gasteiger partial charge is 0.161 e. The van der Waals surface area contributed by atoms with E-state index in [1.807, 2.05) is 37.3 Å². The predicted molar refractivity (Wildman–Crippen MR) is 85.2 cm³/mol. The fraction of sp³-hybridized carbons (Fsp3) is 0.353. The average molecular weight is 302 g/mol. The molecule has 2 atom stereocenters. The molecule has 0 saturated carbocycles. The van der Waals surface area contributed by atoms with Gasteiger partial charge in [0.2, 0.25) is 0 Å². The Balaban J connectivity index is 1.99. The van der Waals surface area contributed by atoms with Crippen molar-refractivity contribution in [2.45, 2.75) is 19.1 Å². The number of methoxy groups -OCH3 is 2. The Morgan fingerprint density at radius 2 is 1.73 bits per heavy atom. The van der Waals surface area contributed by atoms with E-state index in [0.29, 0.717) is 18.0 Å². The van der Waals surface area contributed by atoms with Crippen LogP contribution in [-0.2, 0) is 0 Å². The molecule has 2 unspecified atom stereocenters. The van der Waals surface area contributed by atoms with Crippen molar-refractivity contribution in [3.05, 3.63) is 53.9 Å². The Bertz CT molecular complexity index is 590. The zero-order chi connectivity index (χ0) is 15.9. The van der Waals surface area contributed by atoms with Gasteiger partial charge in [0.05, 0.1) is 20.3 Å². The lowest BCUT2D eigenvalue weighted by Crippen LogP contribution is -2.24. The first-order valence-electron chi connectivity index (χ1n) is 7.19. The van der Waals surface area contributed by atoms with Crippen LogP contribution >= 0.6 is 0 Å². The van der Waals surface area contributed by atoms with E-state index in [1.165, 1.54) is 0 Å². The predicted octanol–water partition coefficient (Wildman–Crippen LogP) is 2.48. The lowest BCUT2D eigenvalue weighted by Gasteiger charge is -2.19. The topological polar surface area (TPSA) is 63.6 Å². The summed E-state index contributed by atoms with van der Waals surface area (Å²) in [6, 6.07) is 9.51. The highest BCUT2D eigenvalue weighted by Gasteiger charge is 2.12. The largest absolute Gasteiger partial charge is 0.493 e. The number of aliphatic hydroxyl groups is 1. The first-order valence-corrected chi connectivity index (χ1v) is 7.19. The second-order valence-corrected chi connectivity index (χ2v) is 5.04. The van der Waals surface area contributed by atoms with E-state index in [-0.39, 0.29) is 6.04 Å². The van der Waals surface area contributed by atoms with Crippen LogP contribution < -0.4 is 14.8 Å². The molecule has 0 aliphatic rings. The summed E-state index contributed by atoms with van der Waals surface area (Å²) in [6.07, 6.45) is 2.79. The highest BCUT2D eigenvalue weighted by Crippen LogP contribution is 2.30. The van der Waals surface area contributed by atoms with Crippen molar-refractivity contribution >= 4 is 0 Å². The van der Waals surface area contributed by atoms with Crippen molar-refractivity contribution in [1.82, 2.24) is 10.3 Å². The molecule has 5 nitrogen and oxygen atoms in total. The minimum absolute atomic E-state index is 0.0799. The molecule has 0 fully saturated rings. The molecule has 2 aromatic rings. The second kappa shape index (κ2) is 7.77. The van der Waals surface area contributed by atoms with Gasteiger partial charge in [0.1, 0.15) is 0 Å². The molecule has 0 aliphatic heterocycles. The summed E-state index contributed by atoms with van der Waals surface area (Å²) in [4.78, 5) is 3.95. The van der Waals surface area contributed by atoms with Crippen LogP contribution in [0.1, 0.15) is 30.2 Å². The molecule has 1 aromatic heterocycles. The van der Waals surface area contributed by atoms with Gasteiger partial charge in [0.25, 0.3) is 0 Å². The minimum atomic E-state index is -0.564. The molecule has 118 valence electrons. The number of ether oxygens (including phenoxy) is 2. The normalized spacial score (nSPS) is 13.5. The number of nitrogens with zero attached hydrogens (tertiary/aromatic N) is 1. The van der Waals surface area contributed by atoms with E-state index in [9.17, 15) is 5.11 Å². The number of benzene rings is 1. The summed E-state index contributed by atoms with van der Waals surface area (Å²) in [5.74, 6) is 1.40. The van der Waals surface area contributed by atoms with E-state index in [0.717, 1.165) is 11.1 Å². The molecule has 0 radical (unpaired) electrons. The van der Waals surface area contributed by atoms with Gasteiger partial charge in [-0.2, -0.15) is 0 Å². The third-order valence-corrected chi connectivity index (χ3v) is 3.62. The van der Waals surface area contributed by atoms with Crippen molar-refractivity contribution < 1.29 is 14.6 Å². The van der Waals surface area contributed by atoms with Crippen molar-refractivity contribution in [2.24, 2.45) is 0 Å². The van der Waals surface area contributed by atoms with Crippen LogP contribution in [-0.4, -0.2) is 30.9 Å². The molecule has 1 aromatic carbocycles. The SMILES string of the molecule is COc1ccc(C(C)NCC(O)c2ccncc2)cc1OC. The van der Waals surface area contributed by atoms with Crippen LogP contribution in [0.3, 0.4) is 0 Å². The molecule has 2 rings (SSSR count). The zero-order valence-electron chi connectivity index (χ0n) is 13.1. The lowest BCUT2D eigenvalue weighted by molar-refractivity contribution is 0.170. The van der Waals surface area contributed by atoms with E-state index in [1.54, 1.807) is 26.6 Å². The highest BCUT2D eigenvalue weighted by atomic mass is 16.5. The number of aliphatic hydroxyl groups excluding tert-OH is 1. The van der Waals surface area contributed by atoms with Gasteiger partial charge >= 0.3 is 0 Å². The quantitative estimate of drug-likeness (QED) is 0.822. The third-order valence-electron chi connectivity index (χ3n) is 3.62. The summed E-state index contributed by atoms with van der Waals surface area (Å²) in [5, 5.41) is 13.5. The number of hydrogen-bond donors (Lipinski definition) is 2. The first kappa shape index (κ1) is 16.3. The van der Waals surface area contributed by atoms with Crippen molar-refractivity contribution in [3.8, 4) is 11.5 Å². The summed E-state index contributed by atoms with van der Waals surface area (Å²) >= 11 is 0. The van der Waals surface area contributed by atoms with E-state index in [4.69, 9.17) is 9.47 Å². The zero-order valence-corrected chi connectivity index (χ0v) is 13.1. The maximum atomic E-state index is 10.2. The molecule has 1 heterocycles. The molecule has 0 spiro atoms. The molecular formula is C17H22N2O3. The summed E-state index contributed by atoms with van der Waals surface area (Å²) < 4.78 is 10.5. The first-order chi connectivity index (χ1) is 10.7. The molecule has 5 heteroatoms. The Morgan fingerprint density at radius 1 is 1.05 bits per heavy atom. The minimum Gasteiger partial charge on any atom is -0.493 e. The van der Waals surface area contributed by atoms with Crippen molar-refractivity contribution in [2.75, 3.05) is 20.8 Å². The number of nitrogens with one attached hydrogen (secondary N) is 1. The summed E-state index contributed by atoms with van der Waals surface area (Å²) in [7, 11) is 3.23. The molecule has 0 saturated heterocycles. The molecule has 2 N–H and O–H groups in total. The molecular weight excluding hydrogens is 280 g/mol. The van der Waals surface area contributed by atoms with Gasteiger partial charge in [-0.15, -0.1) is 0 Å². The number of hydrogen-bond acceptors (Lipinski definition) is 5. The van der Waals surface area contributed by atoms with Gasteiger partial charge in [-0.05, 0) is 42.3 Å². The Hall–Kier alpha value is -2.11. The second-order valence-electron chi connectivity index (χ2n) is 5.04. The highest BCUT2D eigenvalue weighted by molar-refractivity contribution is 5.43. The number of rotatable bonds is 7. The molecule has 0 bridgehead atoms.